The van der Waals surface area contributed by atoms with Gasteiger partial charge in [0.15, 0.2) is 29.8 Å². The fraction of sp³-hybridized carbons (Fsp3) is 0.400. The van der Waals surface area contributed by atoms with Crippen LogP contribution in [-0.4, -0.2) is 104 Å². The van der Waals surface area contributed by atoms with Gasteiger partial charge in [0, 0.05) is 47.7 Å². The molecule has 2 aliphatic heterocycles. The molecule has 4 unspecified atom stereocenters. The van der Waals surface area contributed by atoms with Crippen molar-refractivity contribution in [2.45, 2.75) is 70.0 Å². The number of aryl methyl sites for hydroxylation is 3. The van der Waals surface area contributed by atoms with Crippen LogP contribution in [0.3, 0.4) is 0 Å². The first-order valence-electron chi connectivity index (χ1n) is 21.4. The predicted molar refractivity (Wildman–Crippen MR) is 250 cm³/mol. The van der Waals surface area contributed by atoms with Gasteiger partial charge in [-0.15, -0.1) is 18.3 Å². The van der Waals surface area contributed by atoms with Crippen LogP contribution in [0, 0.1) is 20.8 Å². The van der Waals surface area contributed by atoms with Crippen molar-refractivity contribution < 1.29 is 48.6 Å². The summed E-state index contributed by atoms with van der Waals surface area (Å²) in [6.07, 6.45) is 5.42. The first kappa shape index (κ1) is 48.0. The Kier molecular flexibility index (Phi) is 15.7. The second-order valence-electron chi connectivity index (χ2n) is 16.5. The van der Waals surface area contributed by atoms with Gasteiger partial charge >= 0.3 is 5.97 Å². The molecule has 5 atom stereocenters. The van der Waals surface area contributed by atoms with Crippen molar-refractivity contribution in [2.75, 3.05) is 60.1 Å². The third-order valence-corrected chi connectivity index (χ3v) is 13.9. The van der Waals surface area contributed by atoms with Crippen molar-refractivity contribution in [2.24, 2.45) is 0 Å². The van der Waals surface area contributed by atoms with E-state index in [-0.39, 0.29) is 18.1 Å². The number of phenolic OH excluding ortho intramolecular Hbond substituents is 2. The van der Waals surface area contributed by atoms with Crippen molar-refractivity contribution >= 4 is 30.3 Å². The number of ether oxygens (including phenoxy) is 5. The molecule has 0 radical (unpaired) electrons. The highest BCUT2D eigenvalue weighted by Gasteiger charge is 2.52. The number of aromatic hydroxyl groups is 2. The summed E-state index contributed by atoms with van der Waals surface area (Å²) in [5.74, 6) is 1.28. The molecule has 0 spiro atoms. The summed E-state index contributed by atoms with van der Waals surface area (Å²) in [7, 11) is 5.05. The number of esters is 1. The number of carbonyl (C=O) groups is 2. The molecule has 0 saturated heterocycles. The summed E-state index contributed by atoms with van der Waals surface area (Å²) < 4.78 is 29.6. The van der Waals surface area contributed by atoms with Gasteiger partial charge in [-0.25, -0.2) is 4.79 Å². The number of aliphatic hydroxyl groups is 1. The quantitative estimate of drug-likeness (QED) is 0.0182. The number of thioether (sulfide) groups is 1. The van der Waals surface area contributed by atoms with Crippen molar-refractivity contribution in [1.82, 2.24) is 15.1 Å². The van der Waals surface area contributed by atoms with Crippen molar-refractivity contribution in [3.8, 4) is 34.5 Å². The lowest BCUT2D eigenvalue weighted by atomic mass is 9.80. The number of nitrogens with zero attached hydrogens (tertiary/aromatic N) is 2. The fourth-order valence-corrected chi connectivity index (χ4v) is 11.3. The molecule has 64 heavy (non-hydrogen) atoms. The molecule has 0 aliphatic carbocycles. The van der Waals surface area contributed by atoms with Gasteiger partial charge in [-0.2, -0.15) is 0 Å². The van der Waals surface area contributed by atoms with Crippen LogP contribution in [0.4, 0.5) is 0 Å². The number of phenols is 2. The number of hydrogen-bond acceptors (Lipinski definition) is 14. The van der Waals surface area contributed by atoms with E-state index < -0.39 is 41.7 Å². The normalized spacial score (nSPS) is 19.2. The number of aliphatic hydroxyl groups excluding tert-OH is 1. The van der Waals surface area contributed by atoms with Gasteiger partial charge in [0.25, 0.3) is 6.47 Å². The highest BCUT2D eigenvalue weighted by atomic mass is 32.2. The van der Waals surface area contributed by atoms with Gasteiger partial charge in [0.2, 0.25) is 0 Å². The topological polar surface area (TPSA) is 159 Å². The fourth-order valence-electron chi connectivity index (χ4n) is 9.66. The molecule has 342 valence electrons. The third-order valence-electron chi connectivity index (χ3n) is 12.3. The predicted octanol–water partition coefficient (Wildman–Crippen LogP) is 7.60. The number of benzene rings is 4. The number of carbonyl (C=O) groups excluding carboxylic acids is 2. The number of methoxy groups -OCH3 is 2. The van der Waals surface area contributed by atoms with E-state index in [2.05, 4.69) is 34.7 Å². The lowest BCUT2D eigenvalue weighted by molar-refractivity contribution is -0.131. The number of likely N-dealkylation sites (N-methyl/N-ethyl adjacent to an activating group) is 1. The van der Waals surface area contributed by atoms with Crippen LogP contribution in [0.5, 0.6) is 34.5 Å². The molecule has 0 bridgehead atoms. The lowest BCUT2D eigenvalue weighted by Crippen LogP contribution is -2.53. The van der Waals surface area contributed by atoms with Crippen LogP contribution in [0.1, 0.15) is 81.3 Å². The molecule has 0 amide bonds. The summed E-state index contributed by atoms with van der Waals surface area (Å²) >= 11 is 1.64. The Labute approximate surface area is 380 Å². The Morgan fingerprint density at radius 1 is 1.00 bits per heavy atom. The lowest BCUT2D eigenvalue weighted by Gasteiger charge is -2.51. The molecule has 2 aliphatic rings. The molecule has 6 rings (SSSR count). The molecule has 4 aromatic carbocycles. The number of rotatable bonds is 19. The largest absolute Gasteiger partial charge is 0.504 e. The molecular weight excluding hydrogens is 835 g/mol. The van der Waals surface area contributed by atoms with Gasteiger partial charge in [0.05, 0.1) is 37.1 Å². The summed E-state index contributed by atoms with van der Waals surface area (Å²) in [4.78, 5) is 30.6. The van der Waals surface area contributed by atoms with E-state index in [1.54, 1.807) is 37.1 Å². The standard InChI is InChI=1S/C50H61N3O10S/c1-10-20-52(7)44-41-34(22-31(4)48(60-9)46(41)58)19-21-53-36(26-61-28-54)42-39(62-29-55)24-32(5)47(63-40(57)18-17-33-15-13-12-14-16-33)43(42)49(45(44)53)64-27-50(6,51-11-2)35-25-38(59-8)37(56)23-30(35)3/h10,12-18,22-25,28,36,44-45,49,51,55-56,58H,1,11,19-21,26-27,29H2,2-9H3/t36?,44?,45?,49?,50-/m1/s1. The van der Waals surface area contributed by atoms with E-state index >= 15 is 0 Å². The van der Waals surface area contributed by atoms with Crippen LogP contribution in [0.2, 0.25) is 0 Å². The smallest absolute Gasteiger partial charge is 0.336 e. The molecule has 13 nitrogen and oxygen atoms in total. The van der Waals surface area contributed by atoms with Crippen LogP contribution >= 0.6 is 11.8 Å². The molecule has 2 heterocycles. The third kappa shape index (κ3) is 9.62. The van der Waals surface area contributed by atoms with E-state index in [0.29, 0.717) is 83.5 Å². The Balaban J connectivity index is 1.68. The zero-order valence-corrected chi connectivity index (χ0v) is 38.8. The summed E-state index contributed by atoms with van der Waals surface area (Å²) in [6, 6.07) is 15.1. The minimum atomic E-state index is -0.718. The van der Waals surface area contributed by atoms with Crippen LogP contribution < -0.4 is 24.3 Å². The van der Waals surface area contributed by atoms with E-state index in [9.17, 15) is 24.9 Å². The highest BCUT2D eigenvalue weighted by molar-refractivity contribution is 7.99. The van der Waals surface area contributed by atoms with Crippen LogP contribution in [0.15, 0.2) is 73.3 Å². The summed E-state index contributed by atoms with van der Waals surface area (Å²) in [6.45, 7) is 15.1. The molecule has 0 aromatic heterocycles. The molecule has 4 aromatic rings. The van der Waals surface area contributed by atoms with Crippen LogP contribution in [-0.2, 0) is 26.3 Å². The first-order chi connectivity index (χ1) is 30.8. The average Bonchev–Trinajstić information content (AvgIpc) is 3.43. The average molecular weight is 896 g/mol. The van der Waals surface area contributed by atoms with Crippen molar-refractivity contribution in [3.05, 3.63) is 123 Å². The van der Waals surface area contributed by atoms with Gasteiger partial charge in [0.1, 0.15) is 18.1 Å². The maximum Gasteiger partial charge on any atom is 0.336 e. The molecule has 4 N–H and O–H groups in total. The Hall–Kier alpha value is -5.51. The number of fused-ring (bicyclic) bond motifs is 3. The zero-order valence-electron chi connectivity index (χ0n) is 38.0. The van der Waals surface area contributed by atoms with Gasteiger partial charge in [-0.1, -0.05) is 49.4 Å². The van der Waals surface area contributed by atoms with E-state index in [1.807, 2.05) is 77.2 Å². The number of hydrogen-bond donors (Lipinski definition) is 4. The van der Waals surface area contributed by atoms with Crippen molar-refractivity contribution in [3.63, 3.8) is 0 Å². The summed E-state index contributed by atoms with van der Waals surface area (Å²) in [5.41, 5.74) is 6.09. The molecule has 14 heteroatoms. The molecule has 0 fully saturated rings. The van der Waals surface area contributed by atoms with Crippen LogP contribution in [0.25, 0.3) is 6.08 Å². The summed E-state index contributed by atoms with van der Waals surface area (Å²) in [5, 5.41) is 36.7. The maximum atomic E-state index is 14.0. The Bertz CT molecular complexity index is 2360. The maximum absolute atomic E-state index is 14.0. The Morgan fingerprint density at radius 3 is 2.39 bits per heavy atom. The first-order valence-corrected chi connectivity index (χ1v) is 22.4. The molecular formula is C50H61N3O10S. The second kappa shape index (κ2) is 21.0. The molecule has 0 saturated carbocycles. The van der Waals surface area contributed by atoms with Crippen molar-refractivity contribution in [1.29, 1.82) is 0 Å². The van der Waals surface area contributed by atoms with Gasteiger partial charge in [-0.05, 0) is 105 Å². The van der Waals surface area contributed by atoms with E-state index in [0.717, 1.165) is 27.8 Å². The van der Waals surface area contributed by atoms with Gasteiger partial charge in [-0.3, -0.25) is 14.6 Å². The SMILES string of the molecule is C=CCN(C)C1c2c(cc(C)c(OC)c2O)CCN2C(COC=O)c3c(OCO)cc(C)c(OC(=O)C=Cc4ccccc4)c3C(SC[C@@](C)(NCC)c3cc(OC)c(O)cc3C)C12. The van der Waals surface area contributed by atoms with Gasteiger partial charge < -0.3 is 44.3 Å². The van der Waals surface area contributed by atoms with E-state index in [4.69, 9.17) is 23.7 Å². The second-order valence-corrected chi connectivity index (χ2v) is 17.6. The monoisotopic (exact) mass is 895 g/mol. The highest BCUT2D eigenvalue weighted by Crippen LogP contribution is 2.59. The minimum absolute atomic E-state index is 0.0334. The number of nitrogens with one attached hydrogen (secondary N) is 1. The zero-order chi connectivity index (χ0) is 46.3. The van der Waals surface area contributed by atoms with E-state index in [1.165, 1.54) is 13.2 Å². The minimum Gasteiger partial charge on any atom is -0.504 e. The Morgan fingerprint density at radius 2 is 1.73 bits per heavy atom.